The lowest BCUT2D eigenvalue weighted by molar-refractivity contribution is -0.321. The van der Waals surface area contributed by atoms with Crippen LogP contribution < -0.4 is 10.6 Å². The van der Waals surface area contributed by atoms with Crippen molar-refractivity contribution in [3.63, 3.8) is 0 Å². The third-order valence-corrected chi connectivity index (χ3v) is 6.92. The van der Waals surface area contributed by atoms with Crippen LogP contribution in [0, 0.1) is 22.2 Å². The fourth-order valence-electron chi connectivity index (χ4n) is 4.83. The molecule has 0 bridgehead atoms. The Bertz CT molecular complexity index is 861. The molecule has 3 amide bonds. The molecule has 4 atom stereocenters. The van der Waals surface area contributed by atoms with Gasteiger partial charge in [0.25, 0.3) is 5.91 Å². The van der Waals surface area contributed by atoms with Gasteiger partial charge in [-0.15, -0.1) is 18.1 Å². The summed E-state index contributed by atoms with van der Waals surface area (Å²) in [6.07, 6.45) is -2.71. The zero-order valence-electron chi connectivity index (χ0n) is 19.7. The smallest absolute Gasteiger partial charge is 0.356 e. The molecule has 0 aromatic rings. The van der Waals surface area contributed by atoms with E-state index in [4.69, 9.17) is 0 Å². The van der Waals surface area contributed by atoms with Gasteiger partial charge in [0.05, 0.1) is 6.04 Å². The predicted octanol–water partition coefficient (Wildman–Crippen LogP) is 1.67. The summed E-state index contributed by atoms with van der Waals surface area (Å²) >= 11 is 0. The number of Topliss-reactive ketones (excluding diaryl/α,β-unsaturated/α-hetero) is 1. The van der Waals surface area contributed by atoms with Crippen molar-refractivity contribution in [3.05, 3.63) is 4.91 Å². The first-order valence-corrected chi connectivity index (χ1v) is 11.8. The maximum absolute atomic E-state index is 13.3. The van der Waals surface area contributed by atoms with E-state index in [2.05, 4.69) is 20.5 Å². The van der Waals surface area contributed by atoms with Gasteiger partial charge in [0, 0.05) is 19.0 Å². The number of carbonyl (C=O) groups is 4. The van der Waals surface area contributed by atoms with Gasteiger partial charge in [-0.3, -0.25) is 23.9 Å². The van der Waals surface area contributed by atoms with Crippen molar-refractivity contribution < 1.29 is 37.1 Å². The Morgan fingerprint density at radius 1 is 1.29 bits per heavy atom. The Labute approximate surface area is 200 Å². The molecule has 10 nitrogen and oxygen atoms in total. The second-order valence-electron chi connectivity index (χ2n) is 10.2. The standard InChI is InChI=1S/C22H31F3N4O6/c1-12(2)7-15(28-34)20(33)29-11-21(4-5-21)9-16(29)19(32)27-14(8-13-3-6-26-18(13)31)17(30)10-35-22(23,24)25/h12-16H,3-11H2,1-2H3,(H,26,31)(H,27,32)/t13-,14-,15?,16-/m0/s1. The van der Waals surface area contributed by atoms with Gasteiger partial charge in [0.2, 0.25) is 11.8 Å². The van der Waals surface area contributed by atoms with Gasteiger partial charge in [-0.25, -0.2) is 0 Å². The quantitative estimate of drug-likeness (QED) is 0.411. The molecule has 0 aromatic carbocycles. The number of carbonyl (C=O) groups excluding carboxylic acids is 4. The number of ketones is 1. The summed E-state index contributed by atoms with van der Waals surface area (Å²) < 4.78 is 41.1. The lowest BCUT2D eigenvalue weighted by Gasteiger charge is -2.28. The van der Waals surface area contributed by atoms with Crippen molar-refractivity contribution in [2.75, 3.05) is 19.7 Å². The Balaban J connectivity index is 1.75. The minimum Gasteiger partial charge on any atom is -0.356 e. The zero-order valence-corrected chi connectivity index (χ0v) is 19.7. The van der Waals surface area contributed by atoms with Crippen LogP contribution in [0.25, 0.3) is 0 Å². The van der Waals surface area contributed by atoms with Crippen molar-refractivity contribution in [1.82, 2.24) is 15.5 Å². The van der Waals surface area contributed by atoms with Crippen LogP contribution in [0.1, 0.15) is 52.4 Å². The number of ether oxygens (including phenoxy) is 1. The first kappa shape index (κ1) is 27.0. The second-order valence-corrected chi connectivity index (χ2v) is 10.2. The van der Waals surface area contributed by atoms with Crippen molar-refractivity contribution in [2.45, 2.75) is 76.9 Å². The number of alkyl halides is 3. The number of hydrogen-bond acceptors (Lipinski definition) is 7. The molecule has 3 fully saturated rings. The van der Waals surface area contributed by atoms with Crippen LogP contribution >= 0.6 is 0 Å². The Kier molecular flexibility index (Phi) is 8.17. The highest BCUT2D eigenvalue weighted by Gasteiger charge is 2.56. The molecule has 2 heterocycles. The number of nitrogens with zero attached hydrogens (tertiary/aromatic N) is 2. The van der Waals surface area contributed by atoms with Crippen LogP contribution in [0.5, 0.6) is 0 Å². The number of amides is 3. The van der Waals surface area contributed by atoms with E-state index in [0.717, 1.165) is 12.8 Å². The summed E-state index contributed by atoms with van der Waals surface area (Å²) in [4.78, 5) is 63.5. The van der Waals surface area contributed by atoms with Gasteiger partial charge >= 0.3 is 6.36 Å². The minimum absolute atomic E-state index is 0.0135. The van der Waals surface area contributed by atoms with Gasteiger partial charge in [-0.05, 0) is 49.9 Å². The van der Waals surface area contributed by atoms with E-state index >= 15 is 0 Å². The lowest BCUT2D eigenvalue weighted by Crippen LogP contribution is -2.53. The van der Waals surface area contributed by atoms with Gasteiger partial charge in [-0.2, -0.15) is 0 Å². The molecule has 0 aromatic heterocycles. The van der Waals surface area contributed by atoms with E-state index in [-0.39, 0.29) is 36.6 Å². The number of nitroso groups, excluding NO2 is 1. The van der Waals surface area contributed by atoms with Crippen molar-refractivity contribution in [2.24, 2.45) is 22.4 Å². The van der Waals surface area contributed by atoms with E-state index < -0.39 is 54.6 Å². The number of likely N-dealkylation sites (tertiary alicyclic amines) is 1. The van der Waals surface area contributed by atoms with Crippen LogP contribution in [0.4, 0.5) is 13.2 Å². The number of hydrogen-bond donors (Lipinski definition) is 2. The van der Waals surface area contributed by atoms with Crippen LogP contribution in [-0.4, -0.2) is 72.6 Å². The molecule has 1 spiro atoms. The first-order chi connectivity index (χ1) is 16.3. The number of halogens is 3. The highest BCUT2D eigenvalue weighted by molar-refractivity contribution is 5.95. The maximum Gasteiger partial charge on any atom is 0.522 e. The summed E-state index contributed by atoms with van der Waals surface area (Å²) in [7, 11) is 0. The van der Waals surface area contributed by atoms with Crippen LogP contribution in [-0.2, 0) is 23.9 Å². The predicted molar refractivity (Wildman–Crippen MR) is 116 cm³/mol. The van der Waals surface area contributed by atoms with E-state index in [1.54, 1.807) is 0 Å². The summed E-state index contributed by atoms with van der Waals surface area (Å²) in [6.45, 7) is 2.99. The maximum atomic E-state index is 13.3. The van der Waals surface area contributed by atoms with Crippen LogP contribution in [0.15, 0.2) is 5.18 Å². The van der Waals surface area contributed by atoms with E-state index in [9.17, 15) is 37.3 Å². The molecule has 13 heteroatoms. The van der Waals surface area contributed by atoms with Crippen LogP contribution in [0.2, 0.25) is 0 Å². The summed E-state index contributed by atoms with van der Waals surface area (Å²) in [6, 6.07) is -3.54. The Morgan fingerprint density at radius 2 is 1.97 bits per heavy atom. The van der Waals surface area contributed by atoms with Crippen molar-refractivity contribution >= 4 is 23.5 Å². The normalized spacial score (nSPS) is 24.9. The fraction of sp³-hybridized carbons (Fsp3) is 0.818. The van der Waals surface area contributed by atoms with E-state index in [1.165, 1.54) is 4.90 Å². The molecule has 1 aliphatic carbocycles. The molecule has 2 aliphatic heterocycles. The average Bonchev–Trinajstić information content (AvgIpc) is 3.23. The van der Waals surface area contributed by atoms with E-state index in [0.29, 0.717) is 19.4 Å². The monoisotopic (exact) mass is 504 g/mol. The van der Waals surface area contributed by atoms with Gasteiger partial charge < -0.3 is 15.5 Å². The molecule has 196 valence electrons. The van der Waals surface area contributed by atoms with Crippen molar-refractivity contribution in [3.8, 4) is 0 Å². The van der Waals surface area contributed by atoms with E-state index in [1.807, 2.05) is 13.8 Å². The average molecular weight is 505 g/mol. The summed E-state index contributed by atoms with van der Waals surface area (Å²) in [5, 5.41) is 8.01. The molecule has 2 N–H and O–H groups in total. The van der Waals surface area contributed by atoms with Crippen molar-refractivity contribution in [1.29, 1.82) is 0 Å². The SMILES string of the molecule is CC(C)CC(N=O)C(=O)N1CC2(CC2)C[C@H]1C(=O)N[C@@H](C[C@@H]1CCNC1=O)C(=O)COC(F)(F)F. The summed E-state index contributed by atoms with van der Waals surface area (Å²) in [5.74, 6) is -3.30. The zero-order chi connectivity index (χ0) is 26.0. The Hall–Kier alpha value is -2.57. The number of rotatable bonds is 11. The topological polar surface area (TPSA) is 134 Å². The molecular weight excluding hydrogens is 473 g/mol. The Morgan fingerprint density at radius 3 is 2.49 bits per heavy atom. The van der Waals surface area contributed by atoms with Gasteiger partial charge in [0.1, 0.15) is 12.6 Å². The largest absolute Gasteiger partial charge is 0.522 e. The summed E-state index contributed by atoms with van der Waals surface area (Å²) in [5.41, 5.74) is -0.243. The molecule has 1 saturated carbocycles. The second kappa shape index (κ2) is 10.6. The van der Waals surface area contributed by atoms with Crippen LogP contribution in [0.3, 0.4) is 0 Å². The van der Waals surface area contributed by atoms with Gasteiger partial charge in [0.15, 0.2) is 11.8 Å². The molecule has 2 saturated heterocycles. The van der Waals surface area contributed by atoms with Gasteiger partial charge in [-0.1, -0.05) is 19.0 Å². The molecule has 35 heavy (non-hydrogen) atoms. The fourth-order valence-corrected chi connectivity index (χ4v) is 4.83. The molecule has 3 rings (SSSR count). The highest BCUT2D eigenvalue weighted by atomic mass is 19.4. The highest BCUT2D eigenvalue weighted by Crippen LogP contribution is 2.55. The lowest BCUT2D eigenvalue weighted by atomic mass is 9.95. The third kappa shape index (κ3) is 6.98. The molecule has 3 aliphatic rings. The number of nitrogens with one attached hydrogen (secondary N) is 2. The molecule has 0 radical (unpaired) electrons. The molecule has 1 unspecified atom stereocenters. The first-order valence-electron chi connectivity index (χ1n) is 11.8. The minimum atomic E-state index is -5.03. The third-order valence-electron chi connectivity index (χ3n) is 6.92. The molecular formula is C22H31F3N4O6.